The van der Waals surface area contributed by atoms with Crippen molar-refractivity contribution in [3.63, 3.8) is 0 Å². The molecular formula is C17H26N2O2. The summed E-state index contributed by atoms with van der Waals surface area (Å²) >= 11 is 0. The Kier molecular flexibility index (Phi) is 5.23. The SMILES string of the molecule is CCCC(C)N1C(=O)C(CC)NC1c1ccc(OC)cc1. The third-order valence-corrected chi connectivity index (χ3v) is 4.21. The Bertz CT molecular complexity index is 472. The highest BCUT2D eigenvalue weighted by Crippen LogP contribution is 2.30. The number of carbonyl (C=O) groups is 1. The predicted octanol–water partition coefficient (Wildman–Crippen LogP) is 3.09. The smallest absolute Gasteiger partial charge is 0.241 e. The third-order valence-electron chi connectivity index (χ3n) is 4.21. The monoisotopic (exact) mass is 290 g/mol. The molecule has 1 aliphatic rings. The van der Waals surface area contributed by atoms with E-state index in [4.69, 9.17) is 4.74 Å². The Morgan fingerprint density at radius 2 is 1.95 bits per heavy atom. The molecule has 0 saturated carbocycles. The van der Waals surface area contributed by atoms with E-state index in [1.165, 1.54) is 0 Å². The van der Waals surface area contributed by atoms with Crippen molar-refractivity contribution in [1.29, 1.82) is 0 Å². The number of methoxy groups -OCH3 is 1. The van der Waals surface area contributed by atoms with E-state index >= 15 is 0 Å². The lowest BCUT2D eigenvalue weighted by molar-refractivity contribution is -0.132. The molecule has 116 valence electrons. The summed E-state index contributed by atoms with van der Waals surface area (Å²) in [7, 11) is 1.66. The summed E-state index contributed by atoms with van der Waals surface area (Å²) in [6.07, 6.45) is 2.89. The Hall–Kier alpha value is -1.55. The number of hydrogen-bond acceptors (Lipinski definition) is 3. The van der Waals surface area contributed by atoms with Gasteiger partial charge in [0.2, 0.25) is 5.91 Å². The molecule has 1 fully saturated rings. The van der Waals surface area contributed by atoms with Gasteiger partial charge in [0.15, 0.2) is 0 Å². The van der Waals surface area contributed by atoms with E-state index in [1.807, 2.05) is 29.2 Å². The maximum absolute atomic E-state index is 12.6. The summed E-state index contributed by atoms with van der Waals surface area (Å²) < 4.78 is 5.21. The van der Waals surface area contributed by atoms with Crippen LogP contribution in [0.15, 0.2) is 24.3 Å². The van der Waals surface area contributed by atoms with Crippen LogP contribution in [0.5, 0.6) is 5.75 Å². The molecule has 1 amide bonds. The van der Waals surface area contributed by atoms with Gasteiger partial charge in [-0.2, -0.15) is 0 Å². The van der Waals surface area contributed by atoms with Crippen molar-refractivity contribution in [3.8, 4) is 5.75 Å². The molecule has 3 unspecified atom stereocenters. The lowest BCUT2D eigenvalue weighted by Crippen LogP contribution is -2.38. The number of nitrogens with zero attached hydrogens (tertiary/aromatic N) is 1. The number of carbonyl (C=O) groups excluding carboxylic acids is 1. The zero-order valence-electron chi connectivity index (χ0n) is 13.4. The molecule has 2 rings (SSSR count). The number of nitrogens with one attached hydrogen (secondary N) is 1. The van der Waals surface area contributed by atoms with Crippen molar-refractivity contribution in [2.45, 2.75) is 58.3 Å². The van der Waals surface area contributed by atoms with E-state index in [2.05, 4.69) is 26.1 Å². The van der Waals surface area contributed by atoms with E-state index in [1.54, 1.807) is 7.11 Å². The van der Waals surface area contributed by atoms with Gasteiger partial charge in [-0.25, -0.2) is 0 Å². The molecule has 1 aromatic rings. The van der Waals surface area contributed by atoms with Gasteiger partial charge in [0.05, 0.1) is 13.2 Å². The molecule has 0 aromatic heterocycles. The largest absolute Gasteiger partial charge is 0.497 e. The number of benzene rings is 1. The molecule has 4 heteroatoms. The molecule has 1 saturated heterocycles. The average Bonchev–Trinajstić information content (AvgIpc) is 2.84. The van der Waals surface area contributed by atoms with Gasteiger partial charge in [-0.05, 0) is 37.5 Å². The number of hydrogen-bond donors (Lipinski definition) is 1. The Morgan fingerprint density at radius 3 is 2.48 bits per heavy atom. The van der Waals surface area contributed by atoms with Crippen LogP contribution < -0.4 is 10.1 Å². The van der Waals surface area contributed by atoms with Gasteiger partial charge in [0.1, 0.15) is 11.9 Å². The van der Waals surface area contributed by atoms with Crippen LogP contribution in [0.2, 0.25) is 0 Å². The summed E-state index contributed by atoms with van der Waals surface area (Å²) in [5, 5.41) is 3.47. The molecule has 4 nitrogen and oxygen atoms in total. The fraction of sp³-hybridized carbons (Fsp3) is 0.588. The third kappa shape index (κ3) is 3.21. The number of amides is 1. The first-order valence-electron chi connectivity index (χ1n) is 7.84. The summed E-state index contributed by atoms with van der Waals surface area (Å²) in [5.41, 5.74) is 1.11. The molecule has 1 aromatic carbocycles. The van der Waals surface area contributed by atoms with E-state index in [-0.39, 0.29) is 24.2 Å². The lowest BCUT2D eigenvalue weighted by Gasteiger charge is -2.30. The molecule has 1 heterocycles. The highest BCUT2D eigenvalue weighted by Gasteiger charge is 2.40. The Morgan fingerprint density at radius 1 is 1.29 bits per heavy atom. The standard InChI is InChI=1S/C17H26N2O2/c1-5-7-12(3)19-16(18-15(6-2)17(19)20)13-8-10-14(21-4)11-9-13/h8-12,15-16,18H,5-7H2,1-4H3. The van der Waals surface area contributed by atoms with Crippen LogP contribution in [-0.2, 0) is 4.79 Å². The topological polar surface area (TPSA) is 41.6 Å². The Balaban J connectivity index is 2.26. The van der Waals surface area contributed by atoms with Crippen LogP contribution in [0.1, 0.15) is 51.8 Å². The molecule has 0 spiro atoms. The highest BCUT2D eigenvalue weighted by molar-refractivity contribution is 5.84. The second-order valence-electron chi connectivity index (χ2n) is 5.69. The van der Waals surface area contributed by atoms with Crippen LogP contribution in [-0.4, -0.2) is 30.0 Å². The van der Waals surface area contributed by atoms with Crippen LogP contribution in [0.25, 0.3) is 0 Å². The van der Waals surface area contributed by atoms with Gasteiger partial charge in [0.25, 0.3) is 0 Å². The maximum atomic E-state index is 12.6. The summed E-state index contributed by atoms with van der Waals surface area (Å²) in [6.45, 7) is 6.34. The first-order valence-corrected chi connectivity index (χ1v) is 7.84. The van der Waals surface area contributed by atoms with E-state index in [9.17, 15) is 4.79 Å². The normalized spacial score (nSPS) is 23.4. The molecule has 3 atom stereocenters. The van der Waals surface area contributed by atoms with Gasteiger partial charge < -0.3 is 9.64 Å². The van der Waals surface area contributed by atoms with Gasteiger partial charge >= 0.3 is 0 Å². The minimum atomic E-state index is -0.0728. The molecule has 1 N–H and O–H groups in total. The summed E-state index contributed by atoms with van der Waals surface area (Å²) in [4.78, 5) is 14.6. The molecule has 21 heavy (non-hydrogen) atoms. The van der Waals surface area contributed by atoms with Gasteiger partial charge in [0, 0.05) is 6.04 Å². The van der Waals surface area contributed by atoms with E-state index < -0.39 is 0 Å². The minimum Gasteiger partial charge on any atom is -0.497 e. The number of ether oxygens (including phenoxy) is 1. The van der Waals surface area contributed by atoms with Crippen LogP contribution in [0, 0.1) is 0 Å². The zero-order valence-corrected chi connectivity index (χ0v) is 13.4. The Labute approximate surface area is 127 Å². The lowest BCUT2D eigenvalue weighted by atomic mass is 10.1. The van der Waals surface area contributed by atoms with Crippen molar-refractivity contribution < 1.29 is 9.53 Å². The van der Waals surface area contributed by atoms with Crippen molar-refractivity contribution in [2.24, 2.45) is 0 Å². The van der Waals surface area contributed by atoms with Crippen molar-refractivity contribution in [2.75, 3.05) is 7.11 Å². The molecule has 0 radical (unpaired) electrons. The van der Waals surface area contributed by atoms with E-state index in [0.717, 1.165) is 30.6 Å². The van der Waals surface area contributed by atoms with Crippen LogP contribution in [0.4, 0.5) is 0 Å². The van der Waals surface area contributed by atoms with Crippen molar-refractivity contribution in [3.05, 3.63) is 29.8 Å². The molecule has 1 aliphatic heterocycles. The first kappa shape index (κ1) is 15.8. The average molecular weight is 290 g/mol. The van der Waals surface area contributed by atoms with Crippen molar-refractivity contribution >= 4 is 5.91 Å². The van der Waals surface area contributed by atoms with Crippen LogP contribution >= 0.6 is 0 Å². The van der Waals surface area contributed by atoms with E-state index in [0.29, 0.717) is 0 Å². The van der Waals surface area contributed by atoms with Gasteiger partial charge in [-0.1, -0.05) is 32.4 Å². The predicted molar refractivity (Wildman–Crippen MR) is 84.2 cm³/mol. The highest BCUT2D eigenvalue weighted by atomic mass is 16.5. The van der Waals surface area contributed by atoms with Gasteiger partial charge in [-0.15, -0.1) is 0 Å². The summed E-state index contributed by atoms with van der Waals surface area (Å²) in [5.74, 6) is 1.06. The molecule has 0 aliphatic carbocycles. The molecule has 0 bridgehead atoms. The second-order valence-corrected chi connectivity index (χ2v) is 5.69. The van der Waals surface area contributed by atoms with Crippen LogP contribution in [0.3, 0.4) is 0 Å². The number of rotatable bonds is 6. The summed E-state index contributed by atoms with van der Waals surface area (Å²) in [6, 6.07) is 8.14. The quantitative estimate of drug-likeness (QED) is 0.875. The molecular weight excluding hydrogens is 264 g/mol. The fourth-order valence-corrected chi connectivity index (χ4v) is 3.01. The fourth-order valence-electron chi connectivity index (χ4n) is 3.01. The minimum absolute atomic E-state index is 0.0325. The zero-order chi connectivity index (χ0) is 15.4. The van der Waals surface area contributed by atoms with Gasteiger partial charge in [-0.3, -0.25) is 10.1 Å². The first-order chi connectivity index (χ1) is 10.1. The van der Waals surface area contributed by atoms with Crippen molar-refractivity contribution in [1.82, 2.24) is 10.2 Å². The second kappa shape index (κ2) is 6.94. The maximum Gasteiger partial charge on any atom is 0.241 e.